The van der Waals surface area contributed by atoms with Crippen LogP contribution < -0.4 is 5.73 Å². The number of nitrogen functional groups attached to an aromatic ring is 1. The summed E-state index contributed by atoms with van der Waals surface area (Å²) in [6, 6.07) is 12.7. The second-order valence-corrected chi connectivity index (χ2v) is 5.51. The summed E-state index contributed by atoms with van der Waals surface area (Å²) in [4.78, 5) is 12.8. The van der Waals surface area contributed by atoms with Gasteiger partial charge in [-0.2, -0.15) is 0 Å². The molecule has 4 rings (SSSR count). The van der Waals surface area contributed by atoms with Gasteiger partial charge in [-0.1, -0.05) is 18.2 Å². The monoisotopic (exact) mass is 334 g/mol. The number of anilines is 1. The van der Waals surface area contributed by atoms with Crippen LogP contribution in [-0.4, -0.2) is 15.0 Å². The molecule has 2 N–H and O–H groups in total. The second kappa shape index (κ2) is 5.90. The summed E-state index contributed by atoms with van der Waals surface area (Å²) >= 11 is 0. The molecule has 2 aromatic heterocycles. The molecule has 2 heterocycles. The average molecular weight is 334 g/mol. The zero-order valence-electron chi connectivity index (χ0n) is 12.9. The average Bonchev–Trinajstić information content (AvgIpc) is 2.64. The van der Waals surface area contributed by atoms with Crippen LogP contribution in [0.1, 0.15) is 0 Å². The summed E-state index contributed by atoms with van der Waals surface area (Å²) in [5.41, 5.74) is 8.11. The Labute approximate surface area is 142 Å². The van der Waals surface area contributed by atoms with Gasteiger partial charge in [-0.05, 0) is 35.9 Å². The number of hydrogen-bond acceptors (Lipinski definition) is 4. The van der Waals surface area contributed by atoms with Gasteiger partial charge in [0.05, 0.1) is 5.52 Å². The molecule has 0 saturated carbocycles. The highest BCUT2D eigenvalue weighted by atomic mass is 19.2. The van der Waals surface area contributed by atoms with E-state index in [1.165, 1.54) is 12.1 Å². The van der Waals surface area contributed by atoms with E-state index in [2.05, 4.69) is 15.0 Å². The van der Waals surface area contributed by atoms with Crippen molar-refractivity contribution < 1.29 is 8.78 Å². The second-order valence-electron chi connectivity index (χ2n) is 5.51. The van der Waals surface area contributed by atoms with Gasteiger partial charge in [0.1, 0.15) is 5.82 Å². The summed E-state index contributed by atoms with van der Waals surface area (Å²) in [7, 11) is 0. The van der Waals surface area contributed by atoms with Gasteiger partial charge in [0.15, 0.2) is 17.5 Å². The molecule has 0 atom stereocenters. The molecule has 0 saturated heterocycles. The highest BCUT2D eigenvalue weighted by Gasteiger charge is 2.13. The number of benzene rings is 2. The number of fused-ring (bicyclic) bond motifs is 1. The molecule has 0 bridgehead atoms. The number of nitrogens with zero attached hydrogens (tertiary/aromatic N) is 3. The minimum absolute atomic E-state index is 0.164. The Bertz CT molecular complexity index is 1080. The van der Waals surface area contributed by atoms with Crippen LogP contribution in [0.2, 0.25) is 0 Å². The Hall–Kier alpha value is -3.41. The number of nitrogens with two attached hydrogens (primary N) is 1. The first-order valence-electron chi connectivity index (χ1n) is 7.55. The van der Waals surface area contributed by atoms with E-state index >= 15 is 0 Å². The molecule has 25 heavy (non-hydrogen) atoms. The lowest BCUT2D eigenvalue weighted by Crippen LogP contribution is -1.98. The van der Waals surface area contributed by atoms with E-state index < -0.39 is 11.6 Å². The highest BCUT2D eigenvalue weighted by molar-refractivity contribution is 5.93. The van der Waals surface area contributed by atoms with Gasteiger partial charge >= 0.3 is 0 Å². The van der Waals surface area contributed by atoms with Crippen LogP contribution in [0.4, 0.5) is 14.6 Å². The molecule has 0 amide bonds. The van der Waals surface area contributed by atoms with E-state index in [-0.39, 0.29) is 11.4 Å². The van der Waals surface area contributed by atoms with E-state index in [0.717, 1.165) is 11.6 Å². The fourth-order valence-corrected chi connectivity index (χ4v) is 2.67. The van der Waals surface area contributed by atoms with Crippen LogP contribution >= 0.6 is 0 Å². The van der Waals surface area contributed by atoms with Crippen molar-refractivity contribution in [3.8, 4) is 22.5 Å². The topological polar surface area (TPSA) is 64.7 Å². The molecule has 0 aliphatic heterocycles. The molecular formula is C19H12F2N4. The van der Waals surface area contributed by atoms with Crippen molar-refractivity contribution in [1.82, 2.24) is 15.0 Å². The summed E-state index contributed by atoms with van der Waals surface area (Å²) in [5, 5.41) is 0.578. The summed E-state index contributed by atoms with van der Waals surface area (Å²) in [6.45, 7) is 0. The lowest BCUT2D eigenvalue weighted by atomic mass is 10.0. The largest absolute Gasteiger partial charge is 0.383 e. The Balaban J connectivity index is 1.87. The maximum absolute atomic E-state index is 14.0. The molecule has 2 aromatic carbocycles. The van der Waals surface area contributed by atoms with Crippen molar-refractivity contribution in [1.29, 1.82) is 0 Å². The van der Waals surface area contributed by atoms with E-state index in [1.807, 2.05) is 6.07 Å². The fourth-order valence-electron chi connectivity index (χ4n) is 2.67. The van der Waals surface area contributed by atoms with Crippen molar-refractivity contribution in [2.75, 3.05) is 5.73 Å². The van der Waals surface area contributed by atoms with E-state index in [1.54, 1.807) is 36.7 Å². The third-order valence-electron chi connectivity index (χ3n) is 3.91. The van der Waals surface area contributed by atoms with Crippen LogP contribution in [-0.2, 0) is 0 Å². The normalized spacial score (nSPS) is 11.0. The van der Waals surface area contributed by atoms with Crippen molar-refractivity contribution in [3.05, 3.63) is 72.6 Å². The van der Waals surface area contributed by atoms with Crippen LogP contribution in [0.3, 0.4) is 0 Å². The Morgan fingerprint density at radius 3 is 2.56 bits per heavy atom. The van der Waals surface area contributed by atoms with Crippen molar-refractivity contribution in [2.45, 2.75) is 0 Å². The van der Waals surface area contributed by atoms with Gasteiger partial charge in [-0.15, -0.1) is 0 Å². The lowest BCUT2D eigenvalue weighted by Gasteiger charge is -2.09. The first-order valence-corrected chi connectivity index (χ1v) is 7.55. The van der Waals surface area contributed by atoms with Gasteiger partial charge in [0, 0.05) is 28.9 Å². The Morgan fingerprint density at radius 2 is 1.76 bits per heavy atom. The molecule has 122 valence electrons. The minimum atomic E-state index is -0.895. The summed E-state index contributed by atoms with van der Waals surface area (Å²) in [5.74, 6) is -1.06. The number of aromatic nitrogens is 3. The maximum atomic E-state index is 14.0. The van der Waals surface area contributed by atoms with E-state index in [9.17, 15) is 8.78 Å². The number of halogens is 2. The summed E-state index contributed by atoms with van der Waals surface area (Å²) < 4.78 is 27.5. The lowest BCUT2D eigenvalue weighted by molar-refractivity contribution is 0.511. The van der Waals surface area contributed by atoms with Gasteiger partial charge < -0.3 is 5.73 Å². The molecule has 0 fully saturated rings. The minimum Gasteiger partial charge on any atom is -0.383 e. The Kier molecular flexibility index (Phi) is 3.57. The van der Waals surface area contributed by atoms with Crippen molar-refractivity contribution in [3.63, 3.8) is 0 Å². The van der Waals surface area contributed by atoms with Crippen LogP contribution in [0.15, 0.2) is 60.9 Å². The van der Waals surface area contributed by atoms with Crippen LogP contribution in [0.5, 0.6) is 0 Å². The molecule has 4 nitrogen and oxygen atoms in total. The molecule has 0 aliphatic carbocycles. The molecular weight excluding hydrogens is 322 g/mol. The van der Waals surface area contributed by atoms with Gasteiger partial charge in [0.25, 0.3) is 0 Å². The van der Waals surface area contributed by atoms with Gasteiger partial charge in [-0.25, -0.2) is 18.7 Å². The van der Waals surface area contributed by atoms with Gasteiger partial charge in [0.2, 0.25) is 0 Å². The number of hydrogen-bond donors (Lipinski definition) is 1. The third kappa shape index (κ3) is 2.67. The van der Waals surface area contributed by atoms with Crippen LogP contribution in [0, 0.1) is 11.6 Å². The van der Waals surface area contributed by atoms with Crippen molar-refractivity contribution >= 4 is 16.7 Å². The molecule has 0 aliphatic rings. The zero-order valence-corrected chi connectivity index (χ0v) is 12.9. The molecule has 6 heteroatoms. The molecule has 0 spiro atoms. The first kappa shape index (κ1) is 15.1. The smallest absolute Gasteiger partial charge is 0.166 e. The number of pyridine rings is 1. The number of rotatable bonds is 2. The summed E-state index contributed by atoms with van der Waals surface area (Å²) in [6.07, 6.45) is 3.31. The SMILES string of the molecule is Nc1nc(-c2cccnc2)nc2ccc(-c3cccc(F)c3F)cc12. The predicted molar refractivity (Wildman–Crippen MR) is 92.5 cm³/mol. The van der Waals surface area contributed by atoms with E-state index in [0.29, 0.717) is 22.3 Å². The standard InChI is InChI=1S/C19H12F2N4/c20-15-5-1-4-13(17(15)21)11-6-7-16-14(9-11)18(22)25-19(24-16)12-3-2-8-23-10-12/h1-10H,(H2,22,24,25). The van der Waals surface area contributed by atoms with Crippen LogP contribution in [0.25, 0.3) is 33.4 Å². The molecule has 0 radical (unpaired) electrons. The molecule has 4 aromatic rings. The zero-order chi connectivity index (χ0) is 17.4. The van der Waals surface area contributed by atoms with Crippen molar-refractivity contribution in [2.24, 2.45) is 0 Å². The maximum Gasteiger partial charge on any atom is 0.166 e. The first-order chi connectivity index (χ1) is 12.1. The highest BCUT2D eigenvalue weighted by Crippen LogP contribution is 2.30. The quantitative estimate of drug-likeness (QED) is 0.596. The third-order valence-corrected chi connectivity index (χ3v) is 3.91. The Morgan fingerprint density at radius 1 is 0.880 bits per heavy atom. The van der Waals surface area contributed by atoms with Gasteiger partial charge in [-0.3, -0.25) is 4.98 Å². The molecule has 0 unspecified atom stereocenters. The predicted octanol–water partition coefficient (Wildman–Crippen LogP) is 4.22. The fraction of sp³-hybridized carbons (Fsp3) is 0. The van der Waals surface area contributed by atoms with E-state index in [4.69, 9.17) is 5.73 Å².